The number of carbonyl (C=O) groups excluding carboxylic acids is 2. The Morgan fingerprint density at radius 2 is 1.59 bits per heavy atom. The summed E-state index contributed by atoms with van der Waals surface area (Å²) in [6, 6.07) is 5.68. The number of carbonyl (C=O) groups is 2. The first kappa shape index (κ1) is 20.9. The molecule has 0 aromatic heterocycles. The highest BCUT2D eigenvalue weighted by Gasteiger charge is 2.34. The fourth-order valence-electron chi connectivity index (χ4n) is 2.15. The van der Waals surface area contributed by atoms with Gasteiger partial charge in [-0.1, -0.05) is 23.2 Å². The van der Waals surface area contributed by atoms with Gasteiger partial charge >= 0.3 is 18.0 Å². The lowest BCUT2D eigenvalue weighted by Gasteiger charge is -2.15. The summed E-state index contributed by atoms with van der Waals surface area (Å²) in [5.41, 5.74) is -1.01. The second kappa shape index (κ2) is 8.06. The Bertz CT molecular complexity index is 902. The van der Waals surface area contributed by atoms with E-state index in [0.29, 0.717) is 16.7 Å². The maximum absolute atomic E-state index is 13.1. The third kappa shape index (κ3) is 5.05. The van der Waals surface area contributed by atoms with E-state index in [0.717, 1.165) is 12.1 Å². The molecule has 0 unspecified atom stereocenters. The second-order valence-electron chi connectivity index (χ2n) is 5.40. The standard InChI is InChI=1S/C17H13Cl2F3N2O3/c1-8-5-13(14(27-2)7-11(8)19)24-16(26)15(25)23-12-4-3-9(18)6-10(12)17(20,21)22/h3-7H,1-2H3,(H,23,25)(H,24,26). The predicted molar refractivity (Wildman–Crippen MR) is 96.5 cm³/mol. The van der Waals surface area contributed by atoms with E-state index in [1.807, 2.05) is 5.32 Å². The zero-order valence-corrected chi connectivity index (χ0v) is 15.5. The largest absolute Gasteiger partial charge is 0.495 e. The van der Waals surface area contributed by atoms with Crippen LogP contribution >= 0.6 is 23.2 Å². The summed E-state index contributed by atoms with van der Waals surface area (Å²) in [5, 5.41) is 4.43. The molecule has 0 spiro atoms. The van der Waals surface area contributed by atoms with E-state index >= 15 is 0 Å². The number of aryl methyl sites for hydroxylation is 1. The van der Waals surface area contributed by atoms with Crippen LogP contribution in [0.4, 0.5) is 24.5 Å². The fourth-order valence-corrected chi connectivity index (χ4v) is 2.47. The quantitative estimate of drug-likeness (QED) is 0.693. The van der Waals surface area contributed by atoms with E-state index in [4.69, 9.17) is 27.9 Å². The third-order valence-corrected chi connectivity index (χ3v) is 4.11. The lowest BCUT2D eigenvalue weighted by molar-refractivity contribution is -0.137. The first-order valence-corrected chi connectivity index (χ1v) is 8.11. The fraction of sp³-hybridized carbons (Fsp3) is 0.176. The van der Waals surface area contributed by atoms with Crippen molar-refractivity contribution in [1.29, 1.82) is 0 Å². The average Bonchev–Trinajstić information content (AvgIpc) is 2.58. The number of methoxy groups -OCH3 is 1. The molecule has 2 N–H and O–H groups in total. The van der Waals surface area contributed by atoms with Crippen molar-refractivity contribution in [3.63, 3.8) is 0 Å². The van der Waals surface area contributed by atoms with Crippen LogP contribution in [0.2, 0.25) is 10.0 Å². The summed E-state index contributed by atoms with van der Waals surface area (Å²) in [5.74, 6) is -2.29. The van der Waals surface area contributed by atoms with Gasteiger partial charge in [-0.3, -0.25) is 9.59 Å². The van der Waals surface area contributed by atoms with Crippen molar-refractivity contribution in [3.8, 4) is 5.75 Å². The lowest BCUT2D eigenvalue weighted by Crippen LogP contribution is -2.30. The molecule has 0 aliphatic heterocycles. The Hall–Kier alpha value is -2.45. The van der Waals surface area contributed by atoms with Crippen molar-refractivity contribution in [2.75, 3.05) is 17.7 Å². The van der Waals surface area contributed by atoms with Crippen molar-refractivity contribution >= 4 is 46.4 Å². The number of anilines is 2. The minimum Gasteiger partial charge on any atom is -0.495 e. The molecule has 0 bridgehead atoms. The Morgan fingerprint density at radius 3 is 2.15 bits per heavy atom. The van der Waals surface area contributed by atoms with Gasteiger partial charge in [0.05, 0.1) is 24.0 Å². The molecule has 0 aliphatic carbocycles. The number of halogens is 5. The van der Waals surface area contributed by atoms with Gasteiger partial charge in [-0.05, 0) is 36.8 Å². The van der Waals surface area contributed by atoms with E-state index in [9.17, 15) is 22.8 Å². The summed E-state index contributed by atoms with van der Waals surface area (Å²) in [4.78, 5) is 24.1. The van der Waals surface area contributed by atoms with Crippen LogP contribution < -0.4 is 15.4 Å². The van der Waals surface area contributed by atoms with Gasteiger partial charge in [0, 0.05) is 16.1 Å². The zero-order valence-electron chi connectivity index (χ0n) is 14.0. The van der Waals surface area contributed by atoms with Crippen LogP contribution in [0.3, 0.4) is 0 Å². The molecule has 0 aliphatic rings. The molecule has 0 heterocycles. The lowest BCUT2D eigenvalue weighted by atomic mass is 10.1. The molecule has 2 aromatic rings. The minimum absolute atomic E-state index is 0.145. The SMILES string of the molecule is COc1cc(Cl)c(C)cc1NC(=O)C(=O)Nc1ccc(Cl)cc1C(F)(F)F. The number of rotatable bonds is 3. The van der Waals surface area contributed by atoms with Gasteiger partial charge in [0.15, 0.2) is 0 Å². The number of alkyl halides is 3. The molecule has 2 rings (SSSR count). The summed E-state index contributed by atoms with van der Waals surface area (Å²) >= 11 is 11.5. The maximum Gasteiger partial charge on any atom is 0.418 e. The molecular weight excluding hydrogens is 408 g/mol. The molecule has 5 nitrogen and oxygen atoms in total. The van der Waals surface area contributed by atoms with E-state index in [1.54, 1.807) is 6.92 Å². The van der Waals surface area contributed by atoms with Crippen LogP contribution in [0.25, 0.3) is 0 Å². The molecular formula is C17H13Cl2F3N2O3. The predicted octanol–water partition coefficient (Wildman–Crippen LogP) is 4.91. The normalized spacial score (nSPS) is 11.1. The maximum atomic E-state index is 13.1. The summed E-state index contributed by atoms with van der Waals surface area (Å²) in [6.45, 7) is 1.67. The molecule has 0 atom stereocenters. The molecule has 10 heteroatoms. The monoisotopic (exact) mass is 420 g/mol. The van der Waals surface area contributed by atoms with Crippen LogP contribution in [0.15, 0.2) is 30.3 Å². The van der Waals surface area contributed by atoms with Gasteiger partial charge in [0.1, 0.15) is 5.75 Å². The molecule has 27 heavy (non-hydrogen) atoms. The number of benzene rings is 2. The van der Waals surface area contributed by atoms with Crippen molar-refractivity contribution in [2.24, 2.45) is 0 Å². The van der Waals surface area contributed by atoms with Gasteiger partial charge in [-0.15, -0.1) is 0 Å². The van der Waals surface area contributed by atoms with Gasteiger partial charge in [-0.25, -0.2) is 0 Å². The number of nitrogens with one attached hydrogen (secondary N) is 2. The molecule has 0 radical (unpaired) electrons. The molecule has 144 valence electrons. The molecule has 0 saturated carbocycles. The van der Waals surface area contributed by atoms with E-state index < -0.39 is 29.2 Å². The van der Waals surface area contributed by atoms with Crippen molar-refractivity contribution in [2.45, 2.75) is 13.1 Å². The van der Waals surface area contributed by atoms with E-state index in [2.05, 4.69) is 5.32 Å². The average molecular weight is 421 g/mol. The highest BCUT2D eigenvalue weighted by atomic mass is 35.5. The van der Waals surface area contributed by atoms with Gasteiger partial charge < -0.3 is 15.4 Å². The first-order valence-electron chi connectivity index (χ1n) is 7.36. The van der Waals surface area contributed by atoms with Crippen molar-refractivity contribution < 1.29 is 27.5 Å². The Labute approximate surface area is 162 Å². The van der Waals surface area contributed by atoms with Crippen LogP contribution in [-0.4, -0.2) is 18.9 Å². The van der Waals surface area contributed by atoms with E-state index in [1.165, 1.54) is 19.2 Å². The topological polar surface area (TPSA) is 67.4 Å². The smallest absolute Gasteiger partial charge is 0.418 e. The Morgan fingerprint density at radius 1 is 1.00 bits per heavy atom. The van der Waals surface area contributed by atoms with Crippen molar-refractivity contribution in [3.05, 3.63) is 51.5 Å². The number of ether oxygens (including phenoxy) is 1. The summed E-state index contributed by atoms with van der Waals surface area (Å²) in [7, 11) is 1.33. The first-order chi connectivity index (χ1) is 12.5. The minimum atomic E-state index is -4.76. The van der Waals surface area contributed by atoms with Crippen LogP contribution in [-0.2, 0) is 15.8 Å². The van der Waals surface area contributed by atoms with Gasteiger partial charge in [-0.2, -0.15) is 13.2 Å². The molecule has 2 amide bonds. The summed E-state index contributed by atoms with van der Waals surface area (Å²) in [6.07, 6.45) is -4.76. The van der Waals surface area contributed by atoms with Crippen molar-refractivity contribution in [1.82, 2.24) is 0 Å². The van der Waals surface area contributed by atoms with Crippen LogP contribution in [0.1, 0.15) is 11.1 Å². The molecule has 2 aromatic carbocycles. The number of hydrogen-bond donors (Lipinski definition) is 2. The highest BCUT2D eigenvalue weighted by Crippen LogP contribution is 2.36. The molecule has 0 fully saturated rings. The molecule has 0 saturated heterocycles. The Kier molecular flexibility index (Phi) is 6.22. The summed E-state index contributed by atoms with van der Waals surface area (Å²) < 4.78 is 44.3. The number of hydrogen-bond acceptors (Lipinski definition) is 3. The Balaban J connectivity index is 2.23. The zero-order chi connectivity index (χ0) is 20.4. The van der Waals surface area contributed by atoms with Crippen LogP contribution in [0.5, 0.6) is 5.75 Å². The number of amides is 2. The van der Waals surface area contributed by atoms with Gasteiger partial charge in [0.2, 0.25) is 0 Å². The third-order valence-electron chi connectivity index (χ3n) is 3.47. The second-order valence-corrected chi connectivity index (χ2v) is 6.24. The highest BCUT2D eigenvalue weighted by molar-refractivity contribution is 6.44. The van der Waals surface area contributed by atoms with Crippen LogP contribution in [0, 0.1) is 6.92 Å². The van der Waals surface area contributed by atoms with Gasteiger partial charge in [0.25, 0.3) is 0 Å². The van der Waals surface area contributed by atoms with E-state index in [-0.39, 0.29) is 16.5 Å².